The van der Waals surface area contributed by atoms with Crippen LogP contribution < -0.4 is 10.6 Å². The van der Waals surface area contributed by atoms with Crippen molar-refractivity contribution >= 4 is 36.2 Å². The molecule has 2 aromatic rings. The van der Waals surface area contributed by atoms with Crippen molar-refractivity contribution in [3.8, 4) is 5.75 Å². The van der Waals surface area contributed by atoms with Crippen molar-refractivity contribution in [3.05, 3.63) is 59.7 Å². The molecule has 0 heterocycles. The Morgan fingerprint density at radius 2 is 1.83 bits per heavy atom. The number of hydrogen-bond acceptors (Lipinski definition) is 6. The summed E-state index contributed by atoms with van der Waals surface area (Å²) in [7, 11) is 0. The van der Waals surface area contributed by atoms with Crippen LogP contribution in [0.5, 0.6) is 5.75 Å². The van der Waals surface area contributed by atoms with Gasteiger partial charge < -0.3 is 25.4 Å². The predicted molar refractivity (Wildman–Crippen MR) is 142 cm³/mol. The van der Waals surface area contributed by atoms with Crippen LogP contribution in [0.15, 0.2) is 48.5 Å². The molecule has 1 aliphatic rings. The molecule has 1 aliphatic carbocycles. The highest BCUT2D eigenvalue weighted by atomic mass is 32.1. The molecule has 0 bridgehead atoms. The van der Waals surface area contributed by atoms with Crippen LogP contribution in [0.1, 0.15) is 51.3 Å². The summed E-state index contributed by atoms with van der Waals surface area (Å²) < 4.78 is 5.33. The average molecular weight is 514 g/mol. The zero-order chi connectivity index (χ0) is 26.6. The number of phenolic OH excluding ortho intramolecular Hbond substituents is 1. The van der Waals surface area contributed by atoms with Crippen LogP contribution in [0.3, 0.4) is 0 Å². The van der Waals surface area contributed by atoms with Crippen LogP contribution >= 0.6 is 12.6 Å². The number of phenols is 1. The monoisotopic (exact) mass is 513 g/mol. The van der Waals surface area contributed by atoms with Crippen LogP contribution in [0, 0.1) is 12.8 Å². The van der Waals surface area contributed by atoms with E-state index in [-0.39, 0.29) is 23.5 Å². The average Bonchev–Trinajstić information content (AvgIpc) is 3.51. The lowest BCUT2D eigenvalue weighted by Crippen LogP contribution is -2.54. The van der Waals surface area contributed by atoms with E-state index in [2.05, 4.69) is 23.3 Å². The number of para-hydroxylation sites is 1. The summed E-state index contributed by atoms with van der Waals surface area (Å²) in [5, 5.41) is 15.7. The number of alkyl carbamates (subject to hydrolysis) is 1. The first-order chi connectivity index (χ1) is 16.9. The molecule has 194 valence electrons. The van der Waals surface area contributed by atoms with Crippen molar-refractivity contribution in [2.75, 3.05) is 11.1 Å². The molecule has 2 aromatic carbocycles. The molecule has 3 amide bonds. The summed E-state index contributed by atoms with van der Waals surface area (Å²) in [6, 6.07) is 11.4. The maximum absolute atomic E-state index is 13.9. The highest BCUT2D eigenvalue weighted by Gasteiger charge is 2.48. The second kappa shape index (κ2) is 11.2. The number of rotatable bonds is 8. The lowest BCUT2D eigenvalue weighted by Gasteiger charge is -2.35. The Labute approximate surface area is 217 Å². The Kier molecular flexibility index (Phi) is 8.55. The summed E-state index contributed by atoms with van der Waals surface area (Å²) >= 11 is 4.31. The number of amides is 3. The zero-order valence-corrected chi connectivity index (χ0v) is 22.2. The zero-order valence-electron chi connectivity index (χ0n) is 21.3. The maximum atomic E-state index is 13.9. The lowest BCUT2D eigenvalue weighted by atomic mass is 10.0. The highest BCUT2D eigenvalue weighted by molar-refractivity contribution is 7.80. The summed E-state index contributed by atoms with van der Waals surface area (Å²) in [6.45, 7) is 9.08. The highest BCUT2D eigenvalue weighted by Crippen LogP contribution is 2.41. The van der Waals surface area contributed by atoms with E-state index in [1.165, 1.54) is 17.0 Å². The number of aryl methyl sites for hydroxylation is 1. The van der Waals surface area contributed by atoms with Crippen LogP contribution in [-0.2, 0) is 14.3 Å². The number of benzene rings is 2. The Bertz CT molecular complexity index is 1120. The standard InChI is InChI=1S/C27H35N3O5S/c1-16-9-6-7-12-20(16)28-24(32)23(18-10-8-11-19(31)14-18)30(22-13-17(22)2)25(33)21(15-36)29-26(34)35-27(3,4)5/h6-12,14,17,21-23,31,36H,13,15H2,1-5H3,(H,28,32)(H,29,34). The quantitative estimate of drug-likeness (QED) is 0.391. The number of carbonyl (C=O) groups excluding carboxylic acids is 3. The molecule has 0 spiro atoms. The van der Waals surface area contributed by atoms with Gasteiger partial charge in [-0.25, -0.2) is 4.79 Å². The van der Waals surface area contributed by atoms with Gasteiger partial charge in [0.15, 0.2) is 0 Å². The smallest absolute Gasteiger partial charge is 0.408 e. The number of anilines is 1. The summed E-state index contributed by atoms with van der Waals surface area (Å²) in [4.78, 5) is 41.6. The molecule has 8 nitrogen and oxygen atoms in total. The number of nitrogens with zero attached hydrogens (tertiary/aromatic N) is 1. The van der Waals surface area contributed by atoms with E-state index in [9.17, 15) is 19.5 Å². The van der Waals surface area contributed by atoms with Crippen LogP contribution in [0.25, 0.3) is 0 Å². The number of nitrogens with one attached hydrogen (secondary N) is 2. The van der Waals surface area contributed by atoms with Gasteiger partial charge in [-0.2, -0.15) is 12.6 Å². The van der Waals surface area contributed by atoms with Crippen molar-refractivity contribution in [2.24, 2.45) is 5.92 Å². The first kappa shape index (κ1) is 27.4. The van der Waals surface area contributed by atoms with Gasteiger partial charge in [0.25, 0.3) is 5.91 Å². The minimum absolute atomic E-state index is 0.0157. The van der Waals surface area contributed by atoms with Crippen molar-refractivity contribution in [2.45, 2.75) is 64.8 Å². The molecule has 0 aromatic heterocycles. The van der Waals surface area contributed by atoms with Gasteiger partial charge in [0.1, 0.15) is 23.4 Å². The number of hydrogen-bond donors (Lipinski definition) is 4. The molecule has 1 saturated carbocycles. The summed E-state index contributed by atoms with van der Waals surface area (Å²) in [6.07, 6.45) is -0.0262. The van der Waals surface area contributed by atoms with Crippen molar-refractivity contribution in [3.63, 3.8) is 0 Å². The third-order valence-corrected chi connectivity index (χ3v) is 6.33. The molecule has 0 radical (unpaired) electrons. The van der Waals surface area contributed by atoms with E-state index < -0.39 is 35.6 Å². The fourth-order valence-corrected chi connectivity index (χ4v) is 4.28. The third kappa shape index (κ3) is 6.94. The normalized spacial score (nSPS) is 18.5. The van der Waals surface area contributed by atoms with E-state index in [4.69, 9.17) is 4.74 Å². The Morgan fingerprint density at radius 1 is 1.17 bits per heavy atom. The molecule has 0 aliphatic heterocycles. The first-order valence-corrected chi connectivity index (χ1v) is 12.6. The minimum atomic E-state index is -1.04. The molecule has 4 unspecified atom stereocenters. The van der Waals surface area contributed by atoms with Gasteiger partial charge in [0.2, 0.25) is 5.91 Å². The summed E-state index contributed by atoms with van der Waals surface area (Å²) in [5.41, 5.74) is 1.22. The van der Waals surface area contributed by atoms with Gasteiger partial charge in [0.05, 0.1) is 0 Å². The SMILES string of the molecule is Cc1ccccc1NC(=O)C(c1cccc(O)c1)N(C(=O)C(CS)NC(=O)OC(C)(C)C)C1CC1C. The molecule has 4 atom stereocenters. The second-order valence-electron chi connectivity index (χ2n) is 10.2. The number of carbonyl (C=O) groups is 3. The lowest BCUT2D eigenvalue weighted by molar-refractivity contribution is -0.141. The number of aromatic hydroxyl groups is 1. The molecule has 1 fully saturated rings. The van der Waals surface area contributed by atoms with E-state index in [0.29, 0.717) is 17.7 Å². The van der Waals surface area contributed by atoms with Crippen LogP contribution in [0.2, 0.25) is 0 Å². The topological polar surface area (TPSA) is 108 Å². The Hall–Kier alpha value is -3.20. The fraction of sp³-hybridized carbons (Fsp3) is 0.444. The first-order valence-electron chi connectivity index (χ1n) is 12.0. The van der Waals surface area contributed by atoms with Gasteiger partial charge in [-0.1, -0.05) is 37.3 Å². The molecule has 3 N–H and O–H groups in total. The molecule has 3 rings (SSSR count). The minimum Gasteiger partial charge on any atom is -0.508 e. The van der Waals surface area contributed by atoms with E-state index >= 15 is 0 Å². The van der Waals surface area contributed by atoms with Crippen LogP contribution in [0.4, 0.5) is 10.5 Å². The van der Waals surface area contributed by atoms with Gasteiger partial charge in [-0.3, -0.25) is 9.59 Å². The van der Waals surface area contributed by atoms with Gasteiger partial charge in [-0.05, 0) is 69.4 Å². The van der Waals surface area contributed by atoms with Crippen LogP contribution in [-0.4, -0.2) is 51.4 Å². The molecular formula is C27H35N3O5S. The number of thiol groups is 1. The maximum Gasteiger partial charge on any atom is 0.408 e. The molecule has 0 saturated heterocycles. The Morgan fingerprint density at radius 3 is 2.39 bits per heavy atom. The van der Waals surface area contributed by atoms with Gasteiger partial charge in [-0.15, -0.1) is 0 Å². The molecular weight excluding hydrogens is 478 g/mol. The molecule has 36 heavy (non-hydrogen) atoms. The van der Waals surface area contributed by atoms with Crippen molar-refractivity contribution < 1.29 is 24.2 Å². The Balaban J connectivity index is 1.99. The van der Waals surface area contributed by atoms with Gasteiger partial charge >= 0.3 is 6.09 Å². The van der Waals surface area contributed by atoms with Gasteiger partial charge in [0, 0.05) is 17.5 Å². The predicted octanol–water partition coefficient (Wildman–Crippen LogP) is 4.44. The number of ether oxygens (including phenoxy) is 1. The van der Waals surface area contributed by atoms with Crippen molar-refractivity contribution in [1.29, 1.82) is 0 Å². The largest absolute Gasteiger partial charge is 0.508 e. The third-order valence-electron chi connectivity index (χ3n) is 5.97. The summed E-state index contributed by atoms with van der Waals surface area (Å²) in [5.74, 6) is -0.699. The molecule has 9 heteroatoms. The van der Waals surface area contributed by atoms with Crippen molar-refractivity contribution in [1.82, 2.24) is 10.2 Å². The second-order valence-corrected chi connectivity index (χ2v) is 10.6. The van der Waals surface area contributed by atoms with E-state index in [0.717, 1.165) is 5.56 Å². The van der Waals surface area contributed by atoms with E-state index in [1.807, 2.05) is 32.0 Å². The van der Waals surface area contributed by atoms with E-state index in [1.54, 1.807) is 39.0 Å². The fourth-order valence-electron chi connectivity index (χ4n) is 4.03.